The van der Waals surface area contributed by atoms with Crippen LogP contribution >= 0.6 is 0 Å². The van der Waals surface area contributed by atoms with Crippen molar-refractivity contribution >= 4 is 0 Å². The minimum atomic E-state index is 0.446. The second kappa shape index (κ2) is 3.92. The largest absolute Gasteiger partial charge is 0.381 e. The first kappa shape index (κ1) is 8.75. The number of ether oxygens (including phenoxy) is 1. The maximum atomic E-state index is 5.39. The predicted molar refractivity (Wildman–Crippen MR) is 50.5 cm³/mol. The van der Waals surface area contributed by atoms with Crippen LogP contribution in [0.2, 0.25) is 0 Å². The topological polar surface area (TPSA) is 27.1 Å². The van der Waals surface area contributed by atoms with Crippen LogP contribution in [0.1, 0.15) is 31.7 Å². The van der Waals surface area contributed by atoms with Gasteiger partial charge in [0.2, 0.25) is 0 Å². The minimum Gasteiger partial charge on any atom is -0.381 e. The van der Waals surface area contributed by atoms with E-state index in [9.17, 15) is 0 Å². The number of hydrogen-bond acceptors (Lipinski definition) is 2. The normalized spacial score (nSPS) is 29.0. The molecule has 0 radical (unpaired) electrons. The van der Waals surface area contributed by atoms with E-state index >= 15 is 0 Å². The molecular weight excluding hydrogens is 164 g/mol. The van der Waals surface area contributed by atoms with Crippen molar-refractivity contribution in [3.63, 3.8) is 0 Å². The smallest absolute Gasteiger partial charge is 0.0948 e. The number of methoxy groups -OCH3 is 1. The molecule has 72 valence electrons. The van der Waals surface area contributed by atoms with Crippen molar-refractivity contribution < 1.29 is 4.74 Å². The summed E-state index contributed by atoms with van der Waals surface area (Å²) >= 11 is 0. The van der Waals surface area contributed by atoms with Gasteiger partial charge >= 0.3 is 0 Å². The molecule has 1 saturated carbocycles. The van der Waals surface area contributed by atoms with Gasteiger partial charge in [-0.05, 0) is 25.7 Å². The van der Waals surface area contributed by atoms with E-state index in [1.807, 2.05) is 18.7 Å². The highest BCUT2D eigenvalue weighted by molar-refractivity contribution is 4.84. The number of imidazole rings is 1. The third kappa shape index (κ3) is 1.91. The van der Waals surface area contributed by atoms with Crippen molar-refractivity contribution in [2.24, 2.45) is 0 Å². The predicted octanol–water partition coefficient (Wildman–Crippen LogP) is 2.01. The summed E-state index contributed by atoms with van der Waals surface area (Å²) in [6, 6.07) is 0.598. The summed E-state index contributed by atoms with van der Waals surface area (Å²) in [6.45, 7) is 0. The molecule has 0 aromatic carbocycles. The average molecular weight is 180 g/mol. The van der Waals surface area contributed by atoms with Crippen molar-refractivity contribution in [2.75, 3.05) is 7.11 Å². The minimum absolute atomic E-state index is 0.446. The van der Waals surface area contributed by atoms with Crippen LogP contribution in [0, 0.1) is 0 Å². The van der Waals surface area contributed by atoms with E-state index in [-0.39, 0.29) is 0 Å². The summed E-state index contributed by atoms with van der Waals surface area (Å²) in [4.78, 5) is 4.07. The zero-order chi connectivity index (χ0) is 9.10. The van der Waals surface area contributed by atoms with E-state index in [0.717, 1.165) is 6.42 Å². The van der Waals surface area contributed by atoms with E-state index in [4.69, 9.17) is 4.74 Å². The SMILES string of the molecule is CO[C@@H]1CCCC(n2ccnc2)C1. The fourth-order valence-electron chi connectivity index (χ4n) is 2.09. The van der Waals surface area contributed by atoms with Crippen LogP contribution in [-0.2, 0) is 4.74 Å². The molecular formula is C10H16N2O. The van der Waals surface area contributed by atoms with Crippen LogP contribution in [0.25, 0.3) is 0 Å². The summed E-state index contributed by atoms with van der Waals surface area (Å²) in [6.07, 6.45) is 11.1. The van der Waals surface area contributed by atoms with Crippen LogP contribution in [0.4, 0.5) is 0 Å². The van der Waals surface area contributed by atoms with E-state index in [1.165, 1.54) is 19.3 Å². The third-order valence-electron chi connectivity index (χ3n) is 2.88. The van der Waals surface area contributed by atoms with Crippen LogP contribution in [0.5, 0.6) is 0 Å². The Morgan fingerprint density at radius 3 is 3.08 bits per heavy atom. The molecule has 1 unspecified atom stereocenters. The second-order valence-electron chi connectivity index (χ2n) is 3.69. The number of hydrogen-bond donors (Lipinski definition) is 0. The van der Waals surface area contributed by atoms with Crippen molar-refractivity contribution in [1.82, 2.24) is 9.55 Å². The molecule has 0 amide bonds. The lowest BCUT2D eigenvalue weighted by atomic mass is 9.93. The molecule has 0 aliphatic heterocycles. The molecule has 3 heteroatoms. The molecule has 1 fully saturated rings. The monoisotopic (exact) mass is 180 g/mol. The molecule has 1 aromatic rings. The van der Waals surface area contributed by atoms with Crippen LogP contribution in [0.15, 0.2) is 18.7 Å². The second-order valence-corrected chi connectivity index (χ2v) is 3.69. The summed E-state index contributed by atoms with van der Waals surface area (Å²) in [5.74, 6) is 0. The van der Waals surface area contributed by atoms with E-state index < -0.39 is 0 Å². The first-order valence-electron chi connectivity index (χ1n) is 4.90. The highest BCUT2D eigenvalue weighted by atomic mass is 16.5. The van der Waals surface area contributed by atoms with Crippen molar-refractivity contribution in [3.8, 4) is 0 Å². The van der Waals surface area contributed by atoms with Gasteiger partial charge in [-0.1, -0.05) is 0 Å². The van der Waals surface area contributed by atoms with Gasteiger partial charge in [-0.3, -0.25) is 0 Å². The Morgan fingerprint density at radius 2 is 2.38 bits per heavy atom. The highest BCUT2D eigenvalue weighted by Crippen LogP contribution is 2.29. The molecule has 0 spiro atoms. The number of aromatic nitrogens is 2. The fraction of sp³-hybridized carbons (Fsp3) is 0.700. The van der Waals surface area contributed by atoms with Crippen LogP contribution in [-0.4, -0.2) is 22.8 Å². The molecule has 13 heavy (non-hydrogen) atoms. The van der Waals surface area contributed by atoms with Crippen molar-refractivity contribution in [2.45, 2.75) is 37.8 Å². The van der Waals surface area contributed by atoms with Gasteiger partial charge in [0.05, 0.1) is 12.4 Å². The van der Waals surface area contributed by atoms with Gasteiger partial charge in [-0.15, -0.1) is 0 Å². The van der Waals surface area contributed by atoms with Crippen molar-refractivity contribution in [3.05, 3.63) is 18.7 Å². The summed E-state index contributed by atoms with van der Waals surface area (Å²) in [5.41, 5.74) is 0. The molecule has 0 saturated heterocycles. The quantitative estimate of drug-likeness (QED) is 0.696. The Morgan fingerprint density at radius 1 is 1.46 bits per heavy atom. The van der Waals surface area contributed by atoms with Gasteiger partial charge in [0, 0.05) is 25.5 Å². The number of rotatable bonds is 2. The standard InChI is InChI=1S/C10H16N2O/c1-13-10-4-2-3-9(7-10)12-6-5-11-8-12/h5-6,8-10H,2-4,7H2,1H3/t9?,10-/m1/s1. The van der Waals surface area contributed by atoms with E-state index in [1.54, 1.807) is 7.11 Å². The van der Waals surface area contributed by atoms with Gasteiger partial charge in [0.15, 0.2) is 0 Å². The summed E-state index contributed by atoms with van der Waals surface area (Å²) in [7, 11) is 1.81. The first-order chi connectivity index (χ1) is 6.40. The van der Waals surface area contributed by atoms with Gasteiger partial charge < -0.3 is 9.30 Å². The maximum Gasteiger partial charge on any atom is 0.0948 e. The lowest BCUT2D eigenvalue weighted by Gasteiger charge is -2.28. The average Bonchev–Trinajstić information content (AvgIpc) is 2.71. The molecule has 1 aromatic heterocycles. The van der Waals surface area contributed by atoms with Crippen molar-refractivity contribution in [1.29, 1.82) is 0 Å². The van der Waals surface area contributed by atoms with Gasteiger partial charge in [0.1, 0.15) is 0 Å². The van der Waals surface area contributed by atoms with Crippen LogP contribution < -0.4 is 0 Å². The highest BCUT2D eigenvalue weighted by Gasteiger charge is 2.22. The lowest BCUT2D eigenvalue weighted by molar-refractivity contribution is 0.0530. The molecule has 2 atom stereocenters. The van der Waals surface area contributed by atoms with Gasteiger partial charge in [-0.2, -0.15) is 0 Å². The third-order valence-corrected chi connectivity index (χ3v) is 2.88. The fourth-order valence-corrected chi connectivity index (χ4v) is 2.09. The Bertz CT molecular complexity index is 245. The Hall–Kier alpha value is -0.830. The first-order valence-corrected chi connectivity index (χ1v) is 4.90. The molecule has 3 nitrogen and oxygen atoms in total. The Kier molecular flexibility index (Phi) is 2.64. The molecule has 1 aliphatic carbocycles. The molecule has 1 aliphatic rings. The summed E-state index contributed by atoms with van der Waals surface area (Å²) in [5, 5.41) is 0. The Labute approximate surface area is 78.7 Å². The summed E-state index contributed by atoms with van der Waals surface area (Å²) < 4.78 is 7.59. The van der Waals surface area contributed by atoms with E-state index in [0.29, 0.717) is 12.1 Å². The van der Waals surface area contributed by atoms with Gasteiger partial charge in [0.25, 0.3) is 0 Å². The maximum absolute atomic E-state index is 5.39. The number of nitrogens with zero attached hydrogens (tertiary/aromatic N) is 2. The van der Waals surface area contributed by atoms with Crippen LogP contribution in [0.3, 0.4) is 0 Å². The molecule has 0 N–H and O–H groups in total. The molecule has 0 bridgehead atoms. The molecule has 1 heterocycles. The molecule has 2 rings (SSSR count). The van der Waals surface area contributed by atoms with E-state index in [2.05, 4.69) is 9.55 Å². The zero-order valence-corrected chi connectivity index (χ0v) is 8.02. The zero-order valence-electron chi connectivity index (χ0n) is 8.02. The Balaban J connectivity index is 2.00. The van der Waals surface area contributed by atoms with Gasteiger partial charge in [-0.25, -0.2) is 4.98 Å². The lowest BCUT2D eigenvalue weighted by Crippen LogP contribution is -2.23.